The number of rotatable bonds is 3. The van der Waals surface area contributed by atoms with Crippen molar-refractivity contribution in [2.24, 2.45) is 10.9 Å². The fourth-order valence-electron chi connectivity index (χ4n) is 1.61. The second-order valence-corrected chi connectivity index (χ2v) is 4.94. The molecule has 0 radical (unpaired) electrons. The zero-order valence-electron chi connectivity index (χ0n) is 10.5. The molecule has 0 aliphatic heterocycles. The molecule has 0 aliphatic carbocycles. The molecule has 1 aromatic carbocycles. The van der Waals surface area contributed by atoms with Crippen LogP contribution in [0.25, 0.3) is 0 Å². The van der Waals surface area contributed by atoms with Crippen LogP contribution in [-0.4, -0.2) is 27.1 Å². The number of nitrogens with two attached hydrogens (primary N) is 1. The number of carbonyl (C=O) groups is 1. The number of H-pyrrole nitrogens is 1. The van der Waals surface area contributed by atoms with E-state index in [1.54, 1.807) is 6.07 Å². The van der Waals surface area contributed by atoms with Gasteiger partial charge in [0.05, 0.1) is 17.3 Å². The molecule has 0 aliphatic rings. The first-order valence-corrected chi connectivity index (χ1v) is 6.41. The van der Waals surface area contributed by atoms with Gasteiger partial charge in [-0.05, 0) is 40.5 Å². The van der Waals surface area contributed by atoms with Crippen molar-refractivity contribution in [2.75, 3.05) is 5.32 Å². The molecule has 0 spiro atoms. The van der Waals surface area contributed by atoms with E-state index in [0.717, 1.165) is 5.56 Å². The molecular weight excluding hydrogens is 326 g/mol. The number of nitrogens with zero attached hydrogens (tertiary/aromatic N) is 2. The van der Waals surface area contributed by atoms with E-state index in [2.05, 4.69) is 36.6 Å². The minimum Gasteiger partial charge on any atom is -0.409 e. The number of hydrogen-bond acceptors (Lipinski definition) is 4. The average molecular weight is 338 g/mol. The van der Waals surface area contributed by atoms with Gasteiger partial charge in [0.1, 0.15) is 5.82 Å². The Morgan fingerprint density at radius 3 is 2.90 bits per heavy atom. The van der Waals surface area contributed by atoms with Gasteiger partial charge in [-0.1, -0.05) is 11.2 Å². The zero-order chi connectivity index (χ0) is 14.7. The van der Waals surface area contributed by atoms with E-state index in [1.165, 1.54) is 6.20 Å². The molecule has 0 saturated carbocycles. The number of aryl methyl sites for hydroxylation is 1. The van der Waals surface area contributed by atoms with Gasteiger partial charge < -0.3 is 16.3 Å². The number of oxime groups is 1. The molecule has 0 atom stereocenters. The van der Waals surface area contributed by atoms with Crippen molar-refractivity contribution in [3.05, 3.63) is 45.6 Å². The minimum absolute atomic E-state index is 0.142. The van der Waals surface area contributed by atoms with Gasteiger partial charge in [-0.15, -0.1) is 0 Å². The predicted octanol–water partition coefficient (Wildman–Crippen LogP) is 1.83. The smallest absolute Gasteiger partial charge is 0.257 e. The largest absolute Gasteiger partial charge is 0.409 e. The molecule has 8 heteroatoms. The Labute approximate surface area is 123 Å². The SMILES string of the molecule is Cc1ccc(C(=O)Nc2[nH]ncc2/C(N)=N/O)c(Br)c1. The monoisotopic (exact) mass is 337 g/mol. The molecule has 0 fully saturated rings. The maximum absolute atomic E-state index is 12.2. The summed E-state index contributed by atoms with van der Waals surface area (Å²) in [5.74, 6) is -0.220. The number of nitrogens with one attached hydrogen (secondary N) is 2. The highest BCUT2D eigenvalue weighted by atomic mass is 79.9. The minimum atomic E-state index is -0.340. The fraction of sp³-hybridized carbons (Fsp3) is 0.0833. The summed E-state index contributed by atoms with van der Waals surface area (Å²) in [6, 6.07) is 5.37. The van der Waals surface area contributed by atoms with Gasteiger partial charge in [-0.3, -0.25) is 9.89 Å². The summed E-state index contributed by atoms with van der Waals surface area (Å²) in [4.78, 5) is 12.2. The van der Waals surface area contributed by atoms with E-state index >= 15 is 0 Å². The van der Waals surface area contributed by atoms with Gasteiger partial charge in [0.25, 0.3) is 5.91 Å². The van der Waals surface area contributed by atoms with E-state index in [9.17, 15) is 4.79 Å². The number of amidine groups is 1. The Balaban J connectivity index is 2.26. The van der Waals surface area contributed by atoms with Crippen molar-refractivity contribution in [1.82, 2.24) is 10.2 Å². The third-order valence-corrected chi connectivity index (χ3v) is 3.29. The van der Waals surface area contributed by atoms with Crippen LogP contribution in [0, 0.1) is 6.92 Å². The summed E-state index contributed by atoms with van der Waals surface area (Å²) in [6.07, 6.45) is 1.36. The molecule has 0 unspecified atom stereocenters. The van der Waals surface area contributed by atoms with Gasteiger partial charge in [0.2, 0.25) is 0 Å². The van der Waals surface area contributed by atoms with Gasteiger partial charge in [0, 0.05) is 4.47 Å². The summed E-state index contributed by atoms with van der Waals surface area (Å²) in [5, 5.41) is 20.5. The van der Waals surface area contributed by atoms with E-state index in [0.29, 0.717) is 15.6 Å². The topological polar surface area (TPSA) is 116 Å². The number of aromatic nitrogens is 2. The van der Waals surface area contributed by atoms with E-state index < -0.39 is 0 Å². The molecule has 1 aromatic heterocycles. The second-order valence-electron chi connectivity index (χ2n) is 4.08. The molecular formula is C12H12BrN5O2. The number of benzene rings is 1. The van der Waals surface area contributed by atoms with Crippen molar-refractivity contribution < 1.29 is 10.0 Å². The third-order valence-electron chi connectivity index (χ3n) is 2.63. The number of aromatic amines is 1. The predicted molar refractivity (Wildman–Crippen MR) is 77.9 cm³/mol. The van der Waals surface area contributed by atoms with Crippen molar-refractivity contribution in [3.8, 4) is 0 Å². The van der Waals surface area contributed by atoms with Crippen LogP contribution in [0.4, 0.5) is 5.82 Å². The number of hydrogen-bond donors (Lipinski definition) is 4. The van der Waals surface area contributed by atoms with Gasteiger partial charge in [-0.2, -0.15) is 5.10 Å². The lowest BCUT2D eigenvalue weighted by molar-refractivity contribution is 0.102. The molecule has 0 saturated heterocycles. The maximum Gasteiger partial charge on any atom is 0.257 e. The molecule has 5 N–H and O–H groups in total. The second kappa shape index (κ2) is 5.74. The highest BCUT2D eigenvalue weighted by Gasteiger charge is 2.15. The molecule has 2 rings (SSSR count). The number of amides is 1. The van der Waals surface area contributed by atoms with Crippen LogP contribution >= 0.6 is 15.9 Å². The van der Waals surface area contributed by atoms with Crippen LogP contribution in [-0.2, 0) is 0 Å². The molecule has 7 nitrogen and oxygen atoms in total. The van der Waals surface area contributed by atoms with E-state index in [4.69, 9.17) is 10.9 Å². The first-order chi connectivity index (χ1) is 9.52. The summed E-state index contributed by atoms with van der Waals surface area (Å²) in [6.45, 7) is 1.93. The molecule has 0 bridgehead atoms. The van der Waals surface area contributed by atoms with Gasteiger partial charge in [-0.25, -0.2) is 0 Å². The first kappa shape index (κ1) is 14.1. The molecule has 2 aromatic rings. The number of carbonyl (C=O) groups excluding carboxylic acids is 1. The highest BCUT2D eigenvalue weighted by molar-refractivity contribution is 9.10. The lowest BCUT2D eigenvalue weighted by Gasteiger charge is -2.07. The Morgan fingerprint density at radius 1 is 1.50 bits per heavy atom. The number of anilines is 1. The maximum atomic E-state index is 12.2. The van der Waals surface area contributed by atoms with Crippen LogP contribution in [0.1, 0.15) is 21.5 Å². The van der Waals surface area contributed by atoms with Crippen LogP contribution < -0.4 is 11.1 Å². The van der Waals surface area contributed by atoms with Crippen LogP contribution in [0.5, 0.6) is 0 Å². The Hall–Kier alpha value is -2.35. The van der Waals surface area contributed by atoms with E-state index in [-0.39, 0.29) is 17.6 Å². The standard InChI is InChI=1S/C12H12BrN5O2/c1-6-2-3-7(9(13)4-6)12(19)16-11-8(5-15-17-11)10(14)18-20/h2-5,20H,1H3,(H2,14,18)(H2,15,16,17,19). The normalized spacial score (nSPS) is 11.4. The van der Waals surface area contributed by atoms with Crippen LogP contribution in [0.3, 0.4) is 0 Å². The van der Waals surface area contributed by atoms with Crippen molar-refractivity contribution in [2.45, 2.75) is 6.92 Å². The fourth-order valence-corrected chi connectivity index (χ4v) is 2.29. The summed E-state index contributed by atoms with van der Waals surface area (Å²) in [7, 11) is 0. The highest BCUT2D eigenvalue weighted by Crippen LogP contribution is 2.20. The molecule has 1 amide bonds. The lowest BCUT2D eigenvalue weighted by Crippen LogP contribution is -2.18. The summed E-state index contributed by atoms with van der Waals surface area (Å²) >= 11 is 3.34. The Bertz CT molecular complexity index is 680. The van der Waals surface area contributed by atoms with Crippen molar-refractivity contribution in [3.63, 3.8) is 0 Å². The molecule has 1 heterocycles. The third kappa shape index (κ3) is 2.80. The van der Waals surface area contributed by atoms with Gasteiger partial charge in [0.15, 0.2) is 5.84 Å². The summed E-state index contributed by atoms with van der Waals surface area (Å²) < 4.78 is 0.680. The van der Waals surface area contributed by atoms with Crippen molar-refractivity contribution in [1.29, 1.82) is 0 Å². The van der Waals surface area contributed by atoms with Crippen molar-refractivity contribution >= 4 is 33.5 Å². The van der Waals surface area contributed by atoms with E-state index in [1.807, 2.05) is 19.1 Å². The quantitative estimate of drug-likeness (QED) is 0.296. The first-order valence-electron chi connectivity index (χ1n) is 5.61. The number of halogens is 1. The average Bonchev–Trinajstić information content (AvgIpc) is 2.85. The lowest BCUT2D eigenvalue weighted by atomic mass is 10.1. The van der Waals surface area contributed by atoms with Crippen LogP contribution in [0.15, 0.2) is 34.0 Å². The Kier molecular flexibility index (Phi) is 4.04. The van der Waals surface area contributed by atoms with Gasteiger partial charge >= 0.3 is 0 Å². The van der Waals surface area contributed by atoms with Crippen LogP contribution in [0.2, 0.25) is 0 Å². The summed E-state index contributed by atoms with van der Waals surface area (Å²) in [5.41, 5.74) is 7.30. The zero-order valence-corrected chi connectivity index (χ0v) is 12.1. The molecule has 20 heavy (non-hydrogen) atoms. The Morgan fingerprint density at radius 2 is 2.25 bits per heavy atom. The molecule has 104 valence electrons.